The van der Waals surface area contributed by atoms with Crippen LogP contribution in [-0.4, -0.2) is 79.2 Å². The number of fused-ring (bicyclic) bond motifs is 1. The number of nitrogens with one attached hydrogen (secondary N) is 1. The summed E-state index contributed by atoms with van der Waals surface area (Å²) in [6, 6.07) is 9.72. The molecular formula is C18H23ClFN5O8P2Si. The van der Waals surface area contributed by atoms with Crippen LogP contribution in [-0.2, 0) is 18.4 Å². The molecule has 1 aliphatic rings. The SMILES string of the molecule is C[Si@H](Nc1nc(Cl)nc2c1ncn2[C@@H]1O[C@H](COP(=O)(O)CP(=O)(O)O)[C@@H](O)[C@@H]1F)c1ccccc1. The lowest BCUT2D eigenvalue weighted by molar-refractivity contribution is -0.0425. The molecule has 2 aromatic heterocycles. The second-order valence-corrected chi connectivity index (χ2v) is 14.9. The summed E-state index contributed by atoms with van der Waals surface area (Å²) in [4.78, 5) is 43.4. The van der Waals surface area contributed by atoms with Crippen molar-refractivity contribution in [1.29, 1.82) is 0 Å². The number of halogens is 2. The third-order valence-corrected chi connectivity index (χ3v) is 11.1. The average molecular weight is 582 g/mol. The van der Waals surface area contributed by atoms with E-state index in [1.807, 2.05) is 36.9 Å². The number of benzene rings is 1. The Labute approximate surface area is 210 Å². The van der Waals surface area contributed by atoms with Crippen LogP contribution >= 0.6 is 26.8 Å². The Morgan fingerprint density at radius 3 is 2.61 bits per heavy atom. The van der Waals surface area contributed by atoms with E-state index >= 15 is 4.39 Å². The number of hydrogen-bond donors (Lipinski definition) is 5. The molecule has 1 aromatic carbocycles. The van der Waals surface area contributed by atoms with Gasteiger partial charge in [0.2, 0.25) is 5.28 Å². The molecule has 36 heavy (non-hydrogen) atoms. The van der Waals surface area contributed by atoms with Crippen molar-refractivity contribution in [3.05, 3.63) is 41.9 Å². The van der Waals surface area contributed by atoms with E-state index in [2.05, 4.69) is 24.5 Å². The van der Waals surface area contributed by atoms with Gasteiger partial charge in [0.1, 0.15) is 17.7 Å². The smallest absolute Gasteiger partial charge is 0.340 e. The zero-order chi connectivity index (χ0) is 26.3. The second-order valence-electron chi connectivity index (χ2n) is 8.18. The van der Waals surface area contributed by atoms with Gasteiger partial charge in [-0.05, 0) is 16.8 Å². The van der Waals surface area contributed by atoms with Gasteiger partial charge in [-0.25, -0.2) is 9.37 Å². The highest BCUT2D eigenvalue weighted by atomic mass is 35.5. The lowest BCUT2D eigenvalue weighted by Gasteiger charge is -2.18. The number of alkyl halides is 1. The van der Waals surface area contributed by atoms with Crippen LogP contribution in [0.15, 0.2) is 36.7 Å². The standard InChI is InChI=1S/C18H23ClFN5O8P2Si/c1-36(10-5-3-2-4-6-10)24-15-13-16(23-18(19)22-15)25(8-21-13)17-12(20)14(26)11(33-17)7-32-35(30,31)9-34(27,28)29/h2-6,8,11-12,14,17,26,36H,7,9H2,1H3,(H,30,31)(H,22,23,24)(H2,27,28,29)/t11-,12+,14-,17-,36+/m1/s1. The topological polar surface area (TPSA) is 189 Å². The zero-order valence-electron chi connectivity index (χ0n) is 18.6. The van der Waals surface area contributed by atoms with Crippen molar-refractivity contribution in [3.8, 4) is 0 Å². The molecule has 3 heterocycles. The molecule has 1 fully saturated rings. The van der Waals surface area contributed by atoms with Gasteiger partial charge in [0.15, 0.2) is 38.7 Å². The highest BCUT2D eigenvalue weighted by Gasteiger charge is 2.47. The Hall–Kier alpha value is -1.77. The van der Waals surface area contributed by atoms with Crippen LogP contribution in [0.5, 0.6) is 0 Å². The first-order valence-corrected chi connectivity index (χ1v) is 16.8. The molecule has 196 valence electrons. The van der Waals surface area contributed by atoms with Gasteiger partial charge in [0, 0.05) is 0 Å². The van der Waals surface area contributed by atoms with Crippen molar-refractivity contribution in [2.75, 3.05) is 17.5 Å². The Kier molecular flexibility index (Phi) is 7.98. The van der Waals surface area contributed by atoms with Crippen LogP contribution in [0, 0.1) is 0 Å². The molecular weight excluding hydrogens is 559 g/mol. The minimum absolute atomic E-state index is 0.127. The summed E-state index contributed by atoms with van der Waals surface area (Å²) < 4.78 is 49.3. The van der Waals surface area contributed by atoms with E-state index in [0.717, 1.165) is 5.19 Å². The predicted octanol–water partition coefficient (Wildman–Crippen LogP) is 1.09. The van der Waals surface area contributed by atoms with Crippen LogP contribution < -0.4 is 10.2 Å². The van der Waals surface area contributed by atoms with Gasteiger partial charge >= 0.3 is 15.2 Å². The predicted molar refractivity (Wildman–Crippen MR) is 131 cm³/mol. The van der Waals surface area contributed by atoms with E-state index in [1.165, 1.54) is 10.9 Å². The summed E-state index contributed by atoms with van der Waals surface area (Å²) in [6.07, 6.45) is -5.41. The molecule has 0 spiro atoms. The molecule has 6 atom stereocenters. The number of anilines is 1. The fourth-order valence-electron chi connectivity index (χ4n) is 3.74. The minimum Gasteiger partial charge on any atom is -0.392 e. The lowest BCUT2D eigenvalue weighted by Crippen LogP contribution is -2.35. The van der Waals surface area contributed by atoms with E-state index in [1.54, 1.807) is 0 Å². The maximum absolute atomic E-state index is 15.0. The Morgan fingerprint density at radius 1 is 1.25 bits per heavy atom. The highest BCUT2D eigenvalue weighted by molar-refractivity contribution is 7.70. The van der Waals surface area contributed by atoms with Crippen LogP contribution in [0.2, 0.25) is 11.8 Å². The number of hydrogen-bond acceptors (Lipinski definition) is 9. The van der Waals surface area contributed by atoms with E-state index in [4.69, 9.17) is 26.1 Å². The Bertz CT molecular complexity index is 1330. The largest absolute Gasteiger partial charge is 0.392 e. The molecule has 4 rings (SSSR count). The number of aliphatic hydroxyl groups excluding tert-OH is 1. The van der Waals surface area contributed by atoms with Gasteiger partial charge in [-0.3, -0.25) is 13.7 Å². The number of ether oxygens (including phenoxy) is 1. The first-order chi connectivity index (χ1) is 16.8. The van der Waals surface area contributed by atoms with Gasteiger partial charge in [-0.15, -0.1) is 0 Å². The third kappa shape index (κ3) is 6.19. The number of rotatable bonds is 9. The van der Waals surface area contributed by atoms with Crippen LogP contribution in [0.4, 0.5) is 10.2 Å². The molecule has 13 nitrogen and oxygen atoms in total. The van der Waals surface area contributed by atoms with E-state index in [0.29, 0.717) is 11.3 Å². The maximum atomic E-state index is 15.0. The first kappa shape index (κ1) is 27.3. The molecule has 1 unspecified atom stereocenters. The maximum Gasteiger partial charge on any atom is 0.340 e. The minimum atomic E-state index is -4.85. The monoisotopic (exact) mass is 581 g/mol. The van der Waals surface area contributed by atoms with Crippen molar-refractivity contribution in [1.82, 2.24) is 19.5 Å². The third-order valence-electron chi connectivity index (χ3n) is 5.42. The van der Waals surface area contributed by atoms with E-state index < -0.39 is 61.3 Å². The summed E-state index contributed by atoms with van der Waals surface area (Å²) >= 11 is 6.12. The highest BCUT2D eigenvalue weighted by Crippen LogP contribution is 2.55. The fourth-order valence-corrected chi connectivity index (χ4v) is 8.05. The van der Waals surface area contributed by atoms with Crippen molar-refractivity contribution in [2.45, 2.75) is 31.2 Å². The number of imidazole rings is 1. The summed E-state index contributed by atoms with van der Waals surface area (Å²) in [7, 11) is -11.3. The number of aromatic nitrogens is 4. The quantitative estimate of drug-likeness (QED) is 0.138. The second kappa shape index (κ2) is 10.5. The van der Waals surface area contributed by atoms with Crippen LogP contribution in [0.25, 0.3) is 11.2 Å². The van der Waals surface area contributed by atoms with Gasteiger partial charge in [-0.2, -0.15) is 9.97 Å². The number of aliphatic hydroxyl groups is 1. The normalized spacial score (nSPS) is 25.1. The molecule has 3 aromatic rings. The van der Waals surface area contributed by atoms with Gasteiger partial charge < -0.3 is 34.0 Å². The molecule has 18 heteroatoms. The Balaban J connectivity index is 1.55. The summed E-state index contributed by atoms with van der Waals surface area (Å²) in [6.45, 7) is 1.25. The van der Waals surface area contributed by atoms with Crippen molar-refractivity contribution in [3.63, 3.8) is 0 Å². The molecule has 0 aliphatic carbocycles. The molecule has 0 radical (unpaired) electrons. The first-order valence-electron chi connectivity index (χ1n) is 10.5. The summed E-state index contributed by atoms with van der Waals surface area (Å²) in [5.41, 5.74) is 0.420. The van der Waals surface area contributed by atoms with Crippen LogP contribution in [0.1, 0.15) is 6.23 Å². The Morgan fingerprint density at radius 2 is 1.94 bits per heavy atom. The fraction of sp³-hybridized carbons (Fsp3) is 0.389. The lowest BCUT2D eigenvalue weighted by atomic mass is 10.1. The number of nitrogens with zero attached hydrogens (tertiary/aromatic N) is 4. The zero-order valence-corrected chi connectivity index (χ0v) is 22.3. The summed E-state index contributed by atoms with van der Waals surface area (Å²) in [5, 5.41) is 11.3. The molecule has 0 bridgehead atoms. The van der Waals surface area contributed by atoms with Gasteiger partial charge in [0.05, 0.1) is 12.9 Å². The molecule has 1 saturated heterocycles. The van der Waals surface area contributed by atoms with Crippen LogP contribution in [0.3, 0.4) is 0 Å². The van der Waals surface area contributed by atoms with E-state index in [-0.39, 0.29) is 10.9 Å². The van der Waals surface area contributed by atoms with E-state index in [9.17, 15) is 19.1 Å². The van der Waals surface area contributed by atoms with Gasteiger partial charge in [-0.1, -0.05) is 36.9 Å². The van der Waals surface area contributed by atoms with Crippen molar-refractivity contribution >= 4 is 57.9 Å². The molecule has 0 saturated carbocycles. The molecule has 0 amide bonds. The van der Waals surface area contributed by atoms with Crippen molar-refractivity contribution < 1.29 is 42.6 Å². The molecule has 1 aliphatic heterocycles. The molecule has 5 N–H and O–H groups in total. The van der Waals surface area contributed by atoms with Crippen molar-refractivity contribution in [2.24, 2.45) is 0 Å². The summed E-state index contributed by atoms with van der Waals surface area (Å²) in [5.74, 6) is -1.08. The average Bonchev–Trinajstić information content (AvgIpc) is 3.32. The van der Waals surface area contributed by atoms with Gasteiger partial charge in [0.25, 0.3) is 0 Å².